The van der Waals surface area contributed by atoms with E-state index in [1.807, 2.05) is 21.1 Å². The highest BCUT2D eigenvalue weighted by Gasteiger charge is 2.21. The highest BCUT2D eigenvalue weighted by atomic mass is 31.2. The number of hydrogen-bond donors (Lipinski definition) is 0. The Hall–Kier alpha value is -1.25. The molecule has 0 spiro atoms. The lowest BCUT2D eigenvalue weighted by atomic mass is 10.0. The Kier molecular flexibility index (Phi) is 32.7. The van der Waals surface area contributed by atoms with E-state index >= 15 is 0 Å². The van der Waals surface area contributed by atoms with Gasteiger partial charge in [-0.1, -0.05) is 142 Å². The smallest absolute Gasteiger partial charge is 0.306 e. The van der Waals surface area contributed by atoms with Crippen LogP contribution in [0.5, 0.6) is 0 Å². The lowest BCUT2D eigenvalue weighted by Crippen LogP contribution is -2.37. The topological polar surface area (TPSA) is 111 Å². The maximum absolute atomic E-state index is 12.6. The third-order valence-electron chi connectivity index (χ3n) is 8.79. The number of likely N-dealkylation sites (N-methyl/N-ethyl adjacent to an activating group) is 1. The summed E-state index contributed by atoms with van der Waals surface area (Å²) in [4.78, 5) is 37.4. The van der Waals surface area contributed by atoms with E-state index < -0.39 is 32.5 Å². The first-order valence-corrected chi connectivity index (χ1v) is 21.9. The van der Waals surface area contributed by atoms with E-state index in [-0.39, 0.29) is 26.1 Å². The number of hydrogen-bond acceptors (Lipinski definition) is 8. The van der Waals surface area contributed by atoms with Crippen molar-refractivity contribution in [1.82, 2.24) is 0 Å². The Bertz CT molecular complexity index is 876. The predicted molar refractivity (Wildman–Crippen MR) is 204 cm³/mol. The number of phosphoric ester groups is 1. The zero-order valence-electron chi connectivity index (χ0n) is 33.1. The average molecular weight is 732 g/mol. The van der Waals surface area contributed by atoms with Gasteiger partial charge in [-0.15, -0.1) is 0 Å². The quantitative estimate of drug-likeness (QED) is 0.0204. The predicted octanol–water partition coefficient (Wildman–Crippen LogP) is 10.4. The lowest BCUT2D eigenvalue weighted by molar-refractivity contribution is -0.870. The SMILES string of the molecule is CCCCCCC/C=C\CCCCCCCC(=O)OC[C@H](COP(=O)([O-])OCC[N+](C)(C)C)OC(=O)CCCCCCCCCCCCCC. The fraction of sp³-hybridized carbons (Fsp3) is 0.900. The van der Waals surface area contributed by atoms with E-state index in [1.54, 1.807) is 0 Å². The molecule has 0 N–H and O–H groups in total. The second-order valence-corrected chi connectivity index (χ2v) is 16.4. The van der Waals surface area contributed by atoms with Crippen LogP contribution in [0.25, 0.3) is 0 Å². The van der Waals surface area contributed by atoms with Gasteiger partial charge in [-0.25, -0.2) is 0 Å². The van der Waals surface area contributed by atoms with Gasteiger partial charge in [-0.2, -0.15) is 0 Å². The molecule has 1 unspecified atom stereocenters. The molecule has 0 fully saturated rings. The normalized spacial score (nSPS) is 13.8. The van der Waals surface area contributed by atoms with Gasteiger partial charge in [0.1, 0.15) is 19.8 Å². The van der Waals surface area contributed by atoms with Crippen LogP contribution in [0.1, 0.15) is 181 Å². The van der Waals surface area contributed by atoms with Crippen molar-refractivity contribution >= 4 is 19.8 Å². The van der Waals surface area contributed by atoms with Gasteiger partial charge in [0.05, 0.1) is 27.7 Å². The van der Waals surface area contributed by atoms with Crippen LogP contribution in [0.3, 0.4) is 0 Å². The summed E-state index contributed by atoms with van der Waals surface area (Å²) >= 11 is 0. The molecule has 0 rings (SSSR count). The van der Waals surface area contributed by atoms with Crippen molar-refractivity contribution < 1.29 is 42.1 Å². The molecule has 0 radical (unpaired) electrons. The second-order valence-electron chi connectivity index (χ2n) is 15.0. The summed E-state index contributed by atoms with van der Waals surface area (Å²) in [6.07, 6.45) is 32.3. The first-order chi connectivity index (χ1) is 24.0. The molecule has 0 saturated heterocycles. The number of ether oxygens (including phenoxy) is 2. The van der Waals surface area contributed by atoms with Gasteiger partial charge >= 0.3 is 11.9 Å². The van der Waals surface area contributed by atoms with Crippen molar-refractivity contribution in [2.75, 3.05) is 47.5 Å². The van der Waals surface area contributed by atoms with Crippen LogP contribution in [0, 0.1) is 0 Å². The largest absolute Gasteiger partial charge is 0.756 e. The number of esters is 2. The second kappa shape index (κ2) is 33.6. The highest BCUT2D eigenvalue weighted by Crippen LogP contribution is 2.38. The Morgan fingerprint density at radius 2 is 1.02 bits per heavy atom. The molecule has 0 aromatic carbocycles. The fourth-order valence-electron chi connectivity index (χ4n) is 5.53. The Morgan fingerprint density at radius 1 is 0.600 bits per heavy atom. The van der Waals surface area contributed by atoms with E-state index in [4.69, 9.17) is 18.5 Å². The number of allylic oxidation sites excluding steroid dienone is 2. The summed E-state index contributed by atoms with van der Waals surface area (Å²) in [5.74, 6) is -0.839. The number of quaternary nitrogens is 1. The molecule has 10 heteroatoms. The number of unbranched alkanes of at least 4 members (excludes halogenated alkanes) is 21. The Balaban J connectivity index is 4.40. The monoisotopic (exact) mass is 732 g/mol. The summed E-state index contributed by atoms with van der Waals surface area (Å²) in [6.45, 7) is 4.20. The first-order valence-electron chi connectivity index (χ1n) is 20.4. The van der Waals surface area contributed by atoms with Crippen molar-refractivity contribution in [1.29, 1.82) is 0 Å². The van der Waals surface area contributed by atoms with Crippen LogP contribution in [0.4, 0.5) is 0 Å². The molecule has 9 nitrogen and oxygen atoms in total. The van der Waals surface area contributed by atoms with Crippen molar-refractivity contribution in [3.05, 3.63) is 12.2 Å². The van der Waals surface area contributed by atoms with Crippen LogP contribution in [0.2, 0.25) is 0 Å². The Morgan fingerprint density at radius 3 is 1.48 bits per heavy atom. The van der Waals surface area contributed by atoms with Gasteiger partial charge in [0.2, 0.25) is 0 Å². The van der Waals surface area contributed by atoms with Crippen LogP contribution in [-0.4, -0.2) is 70.0 Å². The number of rotatable bonds is 37. The third kappa shape index (κ3) is 36.5. The summed E-state index contributed by atoms with van der Waals surface area (Å²) in [5, 5.41) is 0. The maximum atomic E-state index is 12.6. The average Bonchev–Trinajstić information content (AvgIpc) is 3.06. The van der Waals surface area contributed by atoms with Gasteiger partial charge in [-0.3, -0.25) is 14.2 Å². The van der Waals surface area contributed by atoms with Crippen LogP contribution < -0.4 is 4.89 Å². The molecular weight excluding hydrogens is 653 g/mol. The zero-order valence-corrected chi connectivity index (χ0v) is 34.0. The molecular formula is C40H78NO8P. The molecule has 0 aliphatic rings. The standard InChI is InChI=1S/C40H78NO8P/c1-6-8-10-12-14-16-18-20-21-23-24-26-28-30-32-39(42)46-36-38(37-48-50(44,45)47-35-34-41(3,4)5)49-40(43)33-31-29-27-25-22-19-17-15-13-11-9-7-2/h18,20,38H,6-17,19,21-37H2,1-5H3/b20-18-/t38-/m1/s1. The number of nitrogens with zero attached hydrogens (tertiary/aromatic N) is 1. The van der Waals surface area contributed by atoms with Gasteiger partial charge in [0, 0.05) is 12.8 Å². The third-order valence-corrected chi connectivity index (χ3v) is 9.75. The van der Waals surface area contributed by atoms with E-state index in [2.05, 4.69) is 26.0 Å². The summed E-state index contributed by atoms with van der Waals surface area (Å²) in [6, 6.07) is 0. The van der Waals surface area contributed by atoms with Gasteiger partial charge in [0.25, 0.3) is 7.82 Å². The van der Waals surface area contributed by atoms with Gasteiger partial charge in [-0.05, 0) is 38.5 Å². The lowest BCUT2D eigenvalue weighted by Gasteiger charge is -2.28. The molecule has 0 aliphatic heterocycles. The van der Waals surface area contributed by atoms with Crippen LogP contribution in [0.15, 0.2) is 12.2 Å². The minimum absolute atomic E-state index is 0.0292. The zero-order chi connectivity index (χ0) is 37.2. The molecule has 0 amide bonds. The maximum Gasteiger partial charge on any atom is 0.306 e. The van der Waals surface area contributed by atoms with E-state index in [0.29, 0.717) is 17.4 Å². The highest BCUT2D eigenvalue weighted by molar-refractivity contribution is 7.45. The van der Waals surface area contributed by atoms with Crippen molar-refractivity contribution in [2.24, 2.45) is 0 Å². The first kappa shape index (κ1) is 48.8. The molecule has 296 valence electrons. The molecule has 0 saturated carbocycles. The molecule has 50 heavy (non-hydrogen) atoms. The minimum atomic E-state index is -4.61. The van der Waals surface area contributed by atoms with E-state index in [9.17, 15) is 19.0 Å². The summed E-state index contributed by atoms with van der Waals surface area (Å²) in [5.41, 5.74) is 0. The van der Waals surface area contributed by atoms with Gasteiger partial charge in [0.15, 0.2) is 6.10 Å². The van der Waals surface area contributed by atoms with Crippen LogP contribution >= 0.6 is 7.82 Å². The van der Waals surface area contributed by atoms with Crippen molar-refractivity contribution in [3.63, 3.8) is 0 Å². The van der Waals surface area contributed by atoms with Crippen LogP contribution in [-0.2, 0) is 32.7 Å². The minimum Gasteiger partial charge on any atom is -0.756 e. The summed E-state index contributed by atoms with van der Waals surface area (Å²) < 4.78 is 33.8. The van der Waals surface area contributed by atoms with E-state index in [1.165, 1.54) is 96.3 Å². The Labute approximate surface area is 307 Å². The number of carbonyl (C=O) groups is 2. The number of phosphoric acid groups is 1. The van der Waals surface area contributed by atoms with E-state index in [0.717, 1.165) is 51.4 Å². The molecule has 0 heterocycles. The molecule has 2 atom stereocenters. The van der Waals surface area contributed by atoms with Gasteiger partial charge < -0.3 is 27.9 Å². The van der Waals surface area contributed by atoms with Crippen molar-refractivity contribution in [2.45, 2.75) is 187 Å². The van der Waals surface area contributed by atoms with Crippen molar-refractivity contribution in [3.8, 4) is 0 Å². The number of carbonyl (C=O) groups excluding carboxylic acids is 2. The molecule has 0 aromatic rings. The molecule has 0 aromatic heterocycles. The molecule has 0 aliphatic carbocycles. The molecule has 0 bridgehead atoms. The summed E-state index contributed by atoms with van der Waals surface area (Å²) in [7, 11) is 1.17. The fourth-order valence-corrected chi connectivity index (χ4v) is 6.26.